The Morgan fingerprint density at radius 2 is 0.600 bits per heavy atom. The first kappa shape index (κ1) is 20.3. The highest BCUT2D eigenvalue weighted by Gasteiger charge is 2.08. The maximum atomic E-state index is 5.72. The molecule has 0 atom stereocenters. The molecule has 0 saturated carbocycles. The Labute approximate surface area is 205 Å². The van der Waals surface area contributed by atoms with E-state index in [4.69, 9.17) is 8.83 Å². The largest absolute Gasteiger partial charge is 0.456 e. The van der Waals surface area contributed by atoms with E-state index in [2.05, 4.69) is 88.0 Å². The van der Waals surface area contributed by atoms with Gasteiger partial charge in [-0.15, -0.1) is 0 Å². The van der Waals surface area contributed by atoms with E-state index in [1.165, 1.54) is 0 Å². The second-order valence-electron chi connectivity index (χ2n) is 6.77. The van der Waals surface area contributed by atoms with Crippen LogP contribution in [-0.4, -0.2) is 0 Å². The summed E-state index contributed by atoms with van der Waals surface area (Å²) in [5.74, 6) is 0. The minimum Gasteiger partial charge on any atom is -0.456 e. The maximum Gasteiger partial charge on any atom is 0.135 e. The quantitative estimate of drug-likeness (QED) is 0.163. The smallest absolute Gasteiger partial charge is 0.135 e. The molecule has 0 aliphatic carbocycles. The lowest BCUT2D eigenvalue weighted by Crippen LogP contribution is -1.67. The Balaban J connectivity index is 0.000000128. The molecule has 6 rings (SSSR count). The molecule has 0 bridgehead atoms. The Bertz CT molecular complexity index is 1320. The molecule has 0 unspecified atom stereocenters. The van der Waals surface area contributed by atoms with Crippen LogP contribution in [0.25, 0.3) is 43.9 Å². The summed E-state index contributed by atoms with van der Waals surface area (Å²) in [5, 5.41) is 4.56. The lowest BCUT2D eigenvalue weighted by molar-refractivity contribution is 0.668. The van der Waals surface area contributed by atoms with E-state index in [1.807, 2.05) is 48.5 Å². The fraction of sp³-hybridized carbons (Fsp3) is 0. The van der Waals surface area contributed by atoms with Crippen LogP contribution in [0.5, 0.6) is 0 Å². The Morgan fingerprint density at radius 1 is 0.367 bits per heavy atom. The summed E-state index contributed by atoms with van der Waals surface area (Å²) in [6, 6.07) is 24.2. The first-order chi connectivity index (χ1) is 14.5. The molecule has 0 saturated heterocycles. The van der Waals surface area contributed by atoms with Crippen LogP contribution in [0.1, 0.15) is 0 Å². The van der Waals surface area contributed by atoms with Gasteiger partial charge in [0.05, 0.1) is 0 Å². The van der Waals surface area contributed by atoms with Crippen molar-refractivity contribution < 1.29 is 8.83 Å². The predicted octanol–water partition coefficient (Wildman–Crippen LogP) is 10.2. The molecule has 2 aromatic heterocycles. The van der Waals surface area contributed by atoms with Gasteiger partial charge in [0, 0.05) is 39.4 Å². The monoisotopic (exact) mass is 648 g/mol. The number of rotatable bonds is 0. The summed E-state index contributed by atoms with van der Waals surface area (Å²) >= 11 is 13.9. The molecule has 0 N–H and O–H groups in total. The zero-order chi connectivity index (χ0) is 20.8. The van der Waals surface area contributed by atoms with Crippen LogP contribution in [0.3, 0.4) is 0 Å². The summed E-state index contributed by atoms with van der Waals surface area (Å²) in [4.78, 5) is 0. The van der Waals surface area contributed by atoms with Gasteiger partial charge in [0.25, 0.3) is 0 Å². The molecular formula is C24H12Br4O2. The van der Waals surface area contributed by atoms with Gasteiger partial charge >= 0.3 is 0 Å². The van der Waals surface area contributed by atoms with Crippen LogP contribution in [0.4, 0.5) is 0 Å². The third kappa shape index (κ3) is 3.86. The second kappa shape index (κ2) is 8.15. The summed E-state index contributed by atoms with van der Waals surface area (Å²) in [6.07, 6.45) is 0. The first-order valence-electron chi connectivity index (χ1n) is 9.02. The third-order valence-electron chi connectivity index (χ3n) is 4.79. The van der Waals surface area contributed by atoms with Gasteiger partial charge in [0.15, 0.2) is 0 Å². The minimum absolute atomic E-state index is 0.923. The molecule has 6 heteroatoms. The fourth-order valence-electron chi connectivity index (χ4n) is 3.44. The van der Waals surface area contributed by atoms with Gasteiger partial charge in [-0.2, -0.15) is 0 Å². The zero-order valence-corrected chi connectivity index (χ0v) is 21.6. The summed E-state index contributed by atoms with van der Waals surface area (Å²) in [7, 11) is 0. The molecular weight excluding hydrogens is 640 g/mol. The second-order valence-corrected chi connectivity index (χ2v) is 10.4. The van der Waals surface area contributed by atoms with Crippen LogP contribution < -0.4 is 0 Å². The predicted molar refractivity (Wildman–Crippen MR) is 138 cm³/mol. The van der Waals surface area contributed by atoms with Crippen molar-refractivity contribution in [1.82, 2.24) is 0 Å². The lowest BCUT2D eigenvalue weighted by atomic mass is 10.2. The molecule has 0 spiro atoms. The standard InChI is InChI=1S/2C12H6Br2O/c2*13-7-1-3-11-9(5-7)10-6-8(14)2-4-12(10)15-11/h2*1-6H. The third-order valence-corrected chi connectivity index (χ3v) is 6.76. The molecule has 148 valence electrons. The van der Waals surface area contributed by atoms with Crippen LogP contribution in [-0.2, 0) is 0 Å². The number of hydrogen-bond acceptors (Lipinski definition) is 2. The minimum atomic E-state index is 0.923. The van der Waals surface area contributed by atoms with E-state index in [1.54, 1.807) is 0 Å². The van der Waals surface area contributed by atoms with Gasteiger partial charge in [0.2, 0.25) is 0 Å². The Kier molecular flexibility index (Phi) is 5.52. The zero-order valence-electron chi connectivity index (χ0n) is 15.3. The van der Waals surface area contributed by atoms with Crippen molar-refractivity contribution in [3.05, 3.63) is 90.7 Å². The van der Waals surface area contributed by atoms with E-state index in [0.29, 0.717) is 0 Å². The highest BCUT2D eigenvalue weighted by atomic mass is 79.9. The molecule has 0 fully saturated rings. The van der Waals surface area contributed by atoms with Gasteiger partial charge in [-0.05, 0) is 72.8 Å². The topological polar surface area (TPSA) is 26.3 Å². The van der Waals surface area contributed by atoms with E-state index < -0.39 is 0 Å². The van der Waals surface area contributed by atoms with Crippen LogP contribution in [0, 0.1) is 0 Å². The van der Waals surface area contributed by atoms with Crippen molar-refractivity contribution in [2.75, 3.05) is 0 Å². The van der Waals surface area contributed by atoms with Crippen molar-refractivity contribution in [3.8, 4) is 0 Å². The number of benzene rings is 4. The van der Waals surface area contributed by atoms with E-state index in [9.17, 15) is 0 Å². The normalized spacial score (nSPS) is 11.3. The van der Waals surface area contributed by atoms with Gasteiger partial charge < -0.3 is 8.83 Å². The number of furan rings is 2. The van der Waals surface area contributed by atoms with E-state index in [-0.39, 0.29) is 0 Å². The number of halogens is 4. The molecule has 0 aliphatic heterocycles. The SMILES string of the molecule is Brc1ccc2oc3ccc(Br)cc3c2c1.Brc1ccc2oc3ccc(Br)cc3c2c1. The van der Waals surface area contributed by atoms with E-state index >= 15 is 0 Å². The molecule has 2 nitrogen and oxygen atoms in total. The van der Waals surface area contributed by atoms with Gasteiger partial charge in [-0.25, -0.2) is 0 Å². The van der Waals surface area contributed by atoms with Crippen molar-refractivity contribution in [1.29, 1.82) is 0 Å². The molecule has 30 heavy (non-hydrogen) atoms. The molecule has 0 aliphatic rings. The average Bonchev–Trinajstić information content (AvgIpc) is 3.26. The van der Waals surface area contributed by atoms with Crippen molar-refractivity contribution in [2.24, 2.45) is 0 Å². The van der Waals surface area contributed by atoms with Gasteiger partial charge in [-0.3, -0.25) is 0 Å². The highest BCUT2D eigenvalue weighted by molar-refractivity contribution is 9.11. The molecule has 0 amide bonds. The Hall–Kier alpha value is -1.60. The molecule has 2 heterocycles. The summed E-state index contributed by atoms with van der Waals surface area (Å²) in [5.41, 5.74) is 3.69. The molecule has 4 aromatic carbocycles. The average molecular weight is 652 g/mol. The maximum absolute atomic E-state index is 5.72. The number of fused-ring (bicyclic) bond motifs is 6. The Morgan fingerprint density at radius 3 is 0.833 bits per heavy atom. The van der Waals surface area contributed by atoms with Crippen molar-refractivity contribution in [3.63, 3.8) is 0 Å². The molecule has 0 radical (unpaired) electrons. The highest BCUT2D eigenvalue weighted by Crippen LogP contribution is 2.33. The summed E-state index contributed by atoms with van der Waals surface area (Å²) < 4.78 is 15.7. The first-order valence-corrected chi connectivity index (χ1v) is 12.2. The van der Waals surface area contributed by atoms with Crippen LogP contribution >= 0.6 is 63.7 Å². The lowest BCUT2D eigenvalue weighted by Gasteiger charge is -1.91. The van der Waals surface area contributed by atoms with Crippen LogP contribution in [0.2, 0.25) is 0 Å². The van der Waals surface area contributed by atoms with Gasteiger partial charge in [-0.1, -0.05) is 63.7 Å². The van der Waals surface area contributed by atoms with Gasteiger partial charge in [0.1, 0.15) is 22.3 Å². The number of hydrogen-bond donors (Lipinski definition) is 0. The fourth-order valence-corrected chi connectivity index (χ4v) is 4.89. The van der Waals surface area contributed by atoms with E-state index in [0.717, 1.165) is 61.8 Å². The van der Waals surface area contributed by atoms with Crippen molar-refractivity contribution >= 4 is 108 Å². The van der Waals surface area contributed by atoms with Crippen molar-refractivity contribution in [2.45, 2.75) is 0 Å². The summed E-state index contributed by atoms with van der Waals surface area (Å²) in [6.45, 7) is 0. The van der Waals surface area contributed by atoms with Crippen LogP contribution in [0.15, 0.2) is 99.5 Å². The molecule has 6 aromatic rings.